The number of aromatic nitrogens is 1. The van der Waals surface area contributed by atoms with Gasteiger partial charge in [0.1, 0.15) is 5.75 Å². The first kappa shape index (κ1) is 24.9. The molecule has 1 aromatic heterocycles. The number of amides is 3. The van der Waals surface area contributed by atoms with E-state index >= 15 is 0 Å². The molecule has 35 heavy (non-hydrogen) atoms. The second-order valence-electron chi connectivity index (χ2n) is 9.29. The van der Waals surface area contributed by atoms with Crippen molar-refractivity contribution < 1.29 is 24.2 Å². The van der Waals surface area contributed by atoms with Crippen molar-refractivity contribution in [2.24, 2.45) is 0 Å². The Labute approximate surface area is 205 Å². The first-order chi connectivity index (χ1) is 17.0. The Morgan fingerprint density at radius 1 is 1.14 bits per heavy atom. The van der Waals surface area contributed by atoms with Crippen molar-refractivity contribution >= 4 is 17.7 Å². The highest BCUT2D eigenvalue weighted by atomic mass is 16.5. The highest BCUT2D eigenvalue weighted by Gasteiger charge is 2.54. The van der Waals surface area contributed by atoms with Gasteiger partial charge in [0.05, 0.1) is 18.2 Å². The van der Waals surface area contributed by atoms with Crippen LogP contribution in [-0.2, 0) is 19.8 Å². The van der Waals surface area contributed by atoms with Gasteiger partial charge in [-0.2, -0.15) is 0 Å². The van der Waals surface area contributed by atoms with Crippen LogP contribution in [0.25, 0.3) is 0 Å². The number of rotatable bonds is 10. The van der Waals surface area contributed by atoms with E-state index in [-0.39, 0.29) is 49.8 Å². The average Bonchev–Trinajstić information content (AvgIpc) is 3.13. The van der Waals surface area contributed by atoms with Crippen LogP contribution < -0.4 is 4.74 Å². The molecule has 1 aromatic carbocycles. The van der Waals surface area contributed by atoms with E-state index in [0.717, 1.165) is 19.3 Å². The number of imide groups is 1. The van der Waals surface area contributed by atoms with Crippen molar-refractivity contribution in [2.75, 3.05) is 26.3 Å². The van der Waals surface area contributed by atoms with Crippen LogP contribution in [-0.4, -0.2) is 70.0 Å². The molecule has 2 saturated heterocycles. The van der Waals surface area contributed by atoms with Gasteiger partial charge in [-0.1, -0.05) is 30.3 Å². The van der Waals surface area contributed by atoms with Crippen molar-refractivity contribution in [3.05, 3.63) is 60.4 Å². The number of carbonyl (C=O) groups excluding carboxylic acids is 3. The van der Waals surface area contributed by atoms with Crippen molar-refractivity contribution in [1.82, 2.24) is 14.8 Å². The largest absolute Gasteiger partial charge is 0.492 e. The number of aliphatic hydroxyl groups is 1. The molecule has 2 atom stereocenters. The van der Waals surface area contributed by atoms with E-state index in [9.17, 15) is 19.5 Å². The van der Waals surface area contributed by atoms with Crippen LogP contribution in [0.5, 0.6) is 5.75 Å². The SMILES string of the molecule is O=C1C[C@@](CC(=O)N2CCCC[C@H]2CCO)(c2ccccc2)C(=O)N1CCCOc1cccnc1. The van der Waals surface area contributed by atoms with E-state index in [2.05, 4.69) is 4.98 Å². The third-order valence-corrected chi connectivity index (χ3v) is 7.03. The minimum Gasteiger partial charge on any atom is -0.492 e. The monoisotopic (exact) mass is 479 g/mol. The van der Waals surface area contributed by atoms with Crippen LogP contribution in [0.3, 0.4) is 0 Å². The molecule has 2 aromatic rings. The van der Waals surface area contributed by atoms with Crippen molar-refractivity contribution in [3.63, 3.8) is 0 Å². The van der Waals surface area contributed by atoms with Gasteiger partial charge in [0, 0.05) is 44.8 Å². The first-order valence-electron chi connectivity index (χ1n) is 12.4. The number of likely N-dealkylation sites (tertiary alicyclic amines) is 2. The molecule has 2 fully saturated rings. The molecule has 0 bridgehead atoms. The van der Waals surface area contributed by atoms with Crippen LogP contribution in [0, 0.1) is 0 Å². The quantitative estimate of drug-likeness (QED) is 0.416. The van der Waals surface area contributed by atoms with Gasteiger partial charge in [-0.25, -0.2) is 0 Å². The predicted octanol–water partition coefficient (Wildman–Crippen LogP) is 2.70. The fourth-order valence-corrected chi connectivity index (χ4v) is 5.23. The number of benzene rings is 1. The molecule has 2 aliphatic rings. The minimum atomic E-state index is -1.21. The van der Waals surface area contributed by atoms with Crippen molar-refractivity contribution in [3.8, 4) is 5.75 Å². The lowest BCUT2D eigenvalue weighted by Gasteiger charge is -2.38. The average molecular weight is 480 g/mol. The van der Waals surface area contributed by atoms with Crippen molar-refractivity contribution in [1.29, 1.82) is 0 Å². The predicted molar refractivity (Wildman–Crippen MR) is 129 cm³/mol. The minimum absolute atomic E-state index is 0.0184. The third-order valence-electron chi connectivity index (χ3n) is 7.03. The Bertz CT molecular complexity index is 1010. The van der Waals surface area contributed by atoms with Gasteiger partial charge in [-0.05, 0) is 49.8 Å². The zero-order valence-electron chi connectivity index (χ0n) is 20.0. The molecule has 0 spiro atoms. The zero-order chi connectivity index (χ0) is 24.7. The molecule has 1 N–H and O–H groups in total. The lowest BCUT2D eigenvalue weighted by Crippen LogP contribution is -2.48. The highest BCUT2D eigenvalue weighted by Crippen LogP contribution is 2.41. The van der Waals surface area contributed by atoms with Crippen molar-refractivity contribution in [2.45, 2.75) is 56.4 Å². The summed E-state index contributed by atoms with van der Waals surface area (Å²) in [6.07, 6.45) is 6.98. The topological polar surface area (TPSA) is 100 Å². The molecule has 3 heterocycles. The third kappa shape index (κ3) is 5.53. The molecular formula is C27H33N3O5. The summed E-state index contributed by atoms with van der Waals surface area (Å²) in [6.45, 7) is 1.21. The second kappa shape index (κ2) is 11.4. The van der Waals surface area contributed by atoms with Crippen LogP contribution in [0.4, 0.5) is 0 Å². The number of aliphatic hydroxyl groups excluding tert-OH is 1. The Kier molecular flexibility index (Phi) is 8.13. The molecule has 0 aliphatic carbocycles. The highest BCUT2D eigenvalue weighted by molar-refractivity contribution is 6.10. The number of ether oxygens (including phenoxy) is 1. The molecule has 8 heteroatoms. The van der Waals surface area contributed by atoms with E-state index in [4.69, 9.17) is 4.74 Å². The number of pyridine rings is 1. The Balaban J connectivity index is 1.49. The Hall–Kier alpha value is -3.26. The number of hydrogen-bond donors (Lipinski definition) is 1. The van der Waals surface area contributed by atoms with E-state index in [0.29, 0.717) is 37.3 Å². The fourth-order valence-electron chi connectivity index (χ4n) is 5.23. The molecule has 8 nitrogen and oxygen atoms in total. The van der Waals surface area contributed by atoms with E-state index < -0.39 is 5.41 Å². The molecule has 3 amide bonds. The summed E-state index contributed by atoms with van der Waals surface area (Å²) in [6, 6.07) is 12.7. The standard InChI is InChI=1S/C27H33N3O5/c31-16-12-22-10-4-5-14-29(22)24(32)18-27(21-8-2-1-3-9-21)19-25(33)30(26(27)34)15-7-17-35-23-11-6-13-28-20-23/h1-3,6,8-9,11,13,20,22,31H,4-5,7,10,12,14-19H2/t22-,27-/m0/s1. The van der Waals surface area contributed by atoms with Gasteiger partial charge < -0.3 is 14.7 Å². The number of nitrogens with zero attached hydrogens (tertiary/aromatic N) is 3. The van der Waals surface area contributed by atoms with Gasteiger partial charge in [0.2, 0.25) is 17.7 Å². The van der Waals surface area contributed by atoms with Gasteiger partial charge in [-0.3, -0.25) is 24.3 Å². The second-order valence-corrected chi connectivity index (χ2v) is 9.29. The summed E-state index contributed by atoms with van der Waals surface area (Å²) in [5.74, 6) is -0.0811. The molecule has 4 rings (SSSR count). The number of carbonyl (C=O) groups is 3. The Morgan fingerprint density at radius 3 is 2.71 bits per heavy atom. The first-order valence-corrected chi connectivity index (χ1v) is 12.4. The van der Waals surface area contributed by atoms with E-state index in [1.807, 2.05) is 35.2 Å². The van der Waals surface area contributed by atoms with Gasteiger partial charge in [0.15, 0.2) is 0 Å². The Morgan fingerprint density at radius 2 is 1.97 bits per heavy atom. The molecule has 2 aliphatic heterocycles. The van der Waals surface area contributed by atoms with Gasteiger partial charge in [-0.15, -0.1) is 0 Å². The van der Waals surface area contributed by atoms with Gasteiger partial charge in [0.25, 0.3) is 0 Å². The van der Waals surface area contributed by atoms with Crippen LogP contribution in [0.1, 0.15) is 50.5 Å². The smallest absolute Gasteiger partial charge is 0.240 e. The van der Waals surface area contributed by atoms with E-state index in [1.165, 1.54) is 4.90 Å². The van der Waals surface area contributed by atoms with Crippen LogP contribution in [0.2, 0.25) is 0 Å². The number of piperidine rings is 1. The summed E-state index contributed by atoms with van der Waals surface area (Å²) in [4.78, 5) is 47.5. The molecule has 0 saturated carbocycles. The summed E-state index contributed by atoms with van der Waals surface area (Å²) < 4.78 is 5.66. The number of hydrogen-bond acceptors (Lipinski definition) is 6. The molecule has 0 radical (unpaired) electrons. The maximum absolute atomic E-state index is 13.8. The zero-order valence-corrected chi connectivity index (χ0v) is 20.0. The summed E-state index contributed by atoms with van der Waals surface area (Å²) in [7, 11) is 0. The molecular weight excluding hydrogens is 446 g/mol. The summed E-state index contributed by atoms with van der Waals surface area (Å²) >= 11 is 0. The fraction of sp³-hybridized carbons (Fsp3) is 0.481. The lowest BCUT2D eigenvalue weighted by atomic mass is 9.75. The maximum atomic E-state index is 13.8. The normalized spacial score (nSPS) is 22.5. The van der Waals surface area contributed by atoms with Gasteiger partial charge >= 0.3 is 0 Å². The molecule has 0 unspecified atom stereocenters. The lowest BCUT2D eigenvalue weighted by molar-refractivity contribution is -0.144. The summed E-state index contributed by atoms with van der Waals surface area (Å²) in [5.41, 5.74) is -0.516. The maximum Gasteiger partial charge on any atom is 0.240 e. The molecule has 186 valence electrons. The summed E-state index contributed by atoms with van der Waals surface area (Å²) in [5, 5.41) is 9.46. The van der Waals surface area contributed by atoms with E-state index in [1.54, 1.807) is 24.5 Å². The van der Waals surface area contributed by atoms with Crippen LogP contribution in [0.15, 0.2) is 54.9 Å². The van der Waals surface area contributed by atoms with Crippen LogP contribution >= 0.6 is 0 Å².